The second-order valence-electron chi connectivity index (χ2n) is 4.60. The van der Waals surface area contributed by atoms with Gasteiger partial charge in [0.25, 0.3) is 5.91 Å². The van der Waals surface area contributed by atoms with Gasteiger partial charge in [0, 0.05) is 19.2 Å². The maximum absolute atomic E-state index is 12.0. The number of amides is 1. The van der Waals surface area contributed by atoms with Gasteiger partial charge in [-0.2, -0.15) is 0 Å². The van der Waals surface area contributed by atoms with Crippen LogP contribution in [-0.4, -0.2) is 43.8 Å². The molecule has 10 heteroatoms. The summed E-state index contributed by atoms with van der Waals surface area (Å²) >= 11 is 0. The molecule has 130 valence electrons. The Morgan fingerprint density at radius 1 is 1.33 bits per heavy atom. The average molecular weight is 355 g/mol. The number of primary sulfonamides is 1. The van der Waals surface area contributed by atoms with E-state index in [2.05, 4.69) is 13.2 Å². The fraction of sp³-hybridized carbons (Fsp3) is 0.214. The number of hydrogen-bond acceptors (Lipinski definition) is 6. The SMILES string of the molecule is C=CCN(CC=C)C(=O)COc1ccc(S(N)(=O)=O)cc1[N+](=O)[O-]. The summed E-state index contributed by atoms with van der Waals surface area (Å²) in [5.41, 5.74) is -0.603. The second-order valence-corrected chi connectivity index (χ2v) is 6.16. The molecule has 0 radical (unpaired) electrons. The second kappa shape index (κ2) is 8.22. The third-order valence-electron chi connectivity index (χ3n) is 2.86. The summed E-state index contributed by atoms with van der Waals surface area (Å²) in [6.07, 6.45) is 3.04. The molecule has 2 N–H and O–H groups in total. The number of carbonyl (C=O) groups excluding carboxylic acids is 1. The summed E-state index contributed by atoms with van der Waals surface area (Å²) in [5.74, 6) is -0.669. The number of nitro groups is 1. The van der Waals surface area contributed by atoms with Crippen LogP contribution in [0.15, 0.2) is 48.4 Å². The monoisotopic (exact) mass is 355 g/mol. The number of nitrogens with zero attached hydrogens (tertiary/aromatic N) is 2. The van der Waals surface area contributed by atoms with Gasteiger partial charge in [0.1, 0.15) is 0 Å². The smallest absolute Gasteiger partial charge is 0.312 e. The Morgan fingerprint density at radius 2 is 1.92 bits per heavy atom. The highest BCUT2D eigenvalue weighted by atomic mass is 32.2. The lowest BCUT2D eigenvalue weighted by molar-refractivity contribution is -0.386. The van der Waals surface area contributed by atoms with Crippen molar-refractivity contribution in [2.75, 3.05) is 19.7 Å². The number of ether oxygens (including phenoxy) is 1. The van der Waals surface area contributed by atoms with Crippen molar-refractivity contribution in [3.05, 3.63) is 53.6 Å². The quantitative estimate of drug-likeness (QED) is 0.396. The van der Waals surface area contributed by atoms with Gasteiger partial charge in [-0.25, -0.2) is 13.6 Å². The minimum atomic E-state index is -4.09. The summed E-state index contributed by atoms with van der Waals surface area (Å²) in [6, 6.07) is 2.92. The van der Waals surface area contributed by atoms with E-state index in [1.165, 1.54) is 17.1 Å². The third-order valence-corrected chi connectivity index (χ3v) is 3.77. The van der Waals surface area contributed by atoms with E-state index < -0.39 is 38.0 Å². The van der Waals surface area contributed by atoms with Crippen LogP contribution in [0.25, 0.3) is 0 Å². The van der Waals surface area contributed by atoms with Gasteiger partial charge >= 0.3 is 5.69 Å². The largest absolute Gasteiger partial charge is 0.477 e. The van der Waals surface area contributed by atoms with Crippen LogP contribution in [0.1, 0.15) is 0 Å². The van der Waals surface area contributed by atoms with Crippen molar-refractivity contribution in [1.82, 2.24) is 4.90 Å². The van der Waals surface area contributed by atoms with Gasteiger partial charge in [-0.3, -0.25) is 14.9 Å². The Labute approximate surface area is 139 Å². The van der Waals surface area contributed by atoms with Crippen LogP contribution in [0, 0.1) is 10.1 Å². The summed E-state index contributed by atoms with van der Waals surface area (Å²) in [5, 5.41) is 16.0. The Bertz CT molecular complexity index is 750. The van der Waals surface area contributed by atoms with E-state index in [0.29, 0.717) is 0 Å². The van der Waals surface area contributed by atoms with Crippen molar-refractivity contribution in [2.24, 2.45) is 5.14 Å². The molecule has 0 aliphatic carbocycles. The Morgan fingerprint density at radius 3 is 2.38 bits per heavy atom. The number of nitrogens with two attached hydrogens (primary N) is 1. The van der Waals surface area contributed by atoms with Crippen LogP contribution in [-0.2, 0) is 14.8 Å². The zero-order valence-electron chi connectivity index (χ0n) is 12.8. The third kappa shape index (κ3) is 5.18. The van der Waals surface area contributed by atoms with E-state index in [4.69, 9.17) is 9.88 Å². The lowest BCUT2D eigenvalue weighted by Crippen LogP contribution is -2.35. The van der Waals surface area contributed by atoms with Crippen molar-refractivity contribution >= 4 is 21.6 Å². The molecule has 0 aromatic heterocycles. The first-order chi connectivity index (χ1) is 11.2. The number of rotatable bonds is 9. The lowest BCUT2D eigenvalue weighted by atomic mass is 10.3. The predicted octanol–water partition coefficient (Wildman–Crippen LogP) is 0.822. The zero-order chi connectivity index (χ0) is 18.3. The van der Waals surface area contributed by atoms with E-state index in [-0.39, 0.29) is 18.8 Å². The number of nitro benzene ring substituents is 1. The van der Waals surface area contributed by atoms with E-state index in [1.54, 1.807) is 0 Å². The van der Waals surface area contributed by atoms with Gasteiger partial charge < -0.3 is 9.64 Å². The van der Waals surface area contributed by atoms with Gasteiger partial charge in [0.05, 0.1) is 9.82 Å². The molecule has 0 aliphatic rings. The minimum Gasteiger partial charge on any atom is -0.477 e. The number of hydrogen-bond donors (Lipinski definition) is 1. The molecular formula is C14H17N3O6S. The molecule has 0 unspecified atom stereocenters. The zero-order valence-corrected chi connectivity index (χ0v) is 13.6. The Balaban J connectivity index is 2.98. The number of benzene rings is 1. The fourth-order valence-corrected chi connectivity index (χ4v) is 2.29. The van der Waals surface area contributed by atoms with Gasteiger partial charge in [-0.15, -0.1) is 13.2 Å². The summed E-state index contributed by atoms with van der Waals surface area (Å²) in [7, 11) is -4.09. The van der Waals surface area contributed by atoms with Crippen molar-refractivity contribution in [2.45, 2.75) is 4.90 Å². The van der Waals surface area contributed by atoms with Crippen LogP contribution in [0.3, 0.4) is 0 Å². The Kier molecular flexibility index (Phi) is 6.62. The summed E-state index contributed by atoms with van der Waals surface area (Å²) < 4.78 is 27.7. The highest BCUT2D eigenvalue weighted by Gasteiger charge is 2.21. The molecule has 0 saturated carbocycles. The summed E-state index contributed by atoms with van der Waals surface area (Å²) in [4.78, 5) is 23.2. The molecule has 1 rings (SSSR count). The topological polar surface area (TPSA) is 133 Å². The van der Waals surface area contributed by atoms with Gasteiger partial charge in [0.15, 0.2) is 12.4 Å². The molecule has 9 nitrogen and oxygen atoms in total. The van der Waals surface area contributed by atoms with Crippen LogP contribution in [0.5, 0.6) is 5.75 Å². The fourth-order valence-electron chi connectivity index (χ4n) is 1.76. The van der Waals surface area contributed by atoms with E-state index in [0.717, 1.165) is 18.2 Å². The van der Waals surface area contributed by atoms with Crippen LogP contribution >= 0.6 is 0 Å². The molecular weight excluding hydrogens is 338 g/mol. The molecule has 0 bridgehead atoms. The van der Waals surface area contributed by atoms with E-state index >= 15 is 0 Å². The first kappa shape index (κ1) is 19.3. The highest BCUT2D eigenvalue weighted by Crippen LogP contribution is 2.29. The lowest BCUT2D eigenvalue weighted by Gasteiger charge is -2.19. The van der Waals surface area contributed by atoms with Crippen LogP contribution in [0.2, 0.25) is 0 Å². The van der Waals surface area contributed by atoms with Crippen LogP contribution < -0.4 is 9.88 Å². The van der Waals surface area contributed by atoms with Gasteiger partial charge in [0.2, 0.25) is 10.0 Å². The van der Waals surface area contributed by atoms with Crippen molar-refractivity contribution in [3.63, 3.8) is 0 Å². The molecule has 0 saturated heterocycles. The maximum Gasteiger partial charge on any atom is 0.312 e. The molecule has 0 atom stereocenters. The highest BCUT2D eigenvalue weighted by molar-refractivity contribution is 7.89. The molecule has 0 aliphatic heterocycles. The molecule has 24 heavy (non-hydrogen) atoms. The van der Waals surface area contributed by atoms with E-state index in [1.807, 2.05) is 0 Å². The van der Waals surface area contributed by atoms with Crippen molar-refractivity contribution in [1.29, 1.82) is 0 Å². The molecule has 0 fully saturated rings. The number of sulfonamides is 1. The molecule has 1 aromatic rings. The molecule has 0 heterocycles. The average Bonchev–Trinajstić information content (AvgIpc) is 2.51. The minimum absolute atomic E-state index is 0.238. The van der Waals surface area contributed by atoms with E-state index in [9.17, 15) is 23.3 Å². The summed E-state index contributed by atoms with van der Waals surface area (Å²) in [6.45, 7) is 7.12. The standard InChI is InChI=1S/C14H17N3O6S/c1-3-7-16(8-4-2)14(18)10-23-13-6-5-11(24(15,21)22)9-12(13)17(19)20/h3-6,9H,1-2,7-8,10H2,(H2,15,21,22). The van der Waals surface area contributed by atoms with Gasteiger partial charge in [-0.1, -0.05) is 12.2 Å². The normalized spacial score (nSPS) is 10.7. The van der Waals surface area contributed by atoms with Crippen molar-refractivity contribution in [3.8, 4) is 5.75 Å². The molecule has 1 aromatic carbocycles. The molecule has 0 spiro atoms. The first-order valence-corrected chi connectivity index (χ1v) is 8.19. The van der Waals surface area contributed by atoms with Crippen molar-refractivity contribution < 1.29 is 22.9 Å². The first-order valence-electron chi connectivity index (χ1n) is 6.64. The number of carbonyl (C=O) groups is 1. The maximum atomic E-state index is 12.0. The predicted molar refractivity (Wildman–Crippen MR) is 86.9 cm³/mol. The van der Waals surface area contributed by atoms with Crippen LogP contribution in [0.4, 0.5) is 5.69 Å². The Hall–Kier alpha value is -2.72. The van der Waals surface area contributed by atoms with Gasteiger partial charge in [-0.05, 0) is 12.1 Å². The molecule has 1 amide bonds.